The first-order chi connectivity index (χ1) is 16.4. The van der Waals surface area contributed by atoms with Crippen LogP contribution in [0, 0.1) is 0 Å². The zero-order valence-electron chi connectivity index (χ0n) is 17.9. The van der Waals surface area contributed by atoms with E-state index < -0.39 is 10.0 Å². The van der Waals surface area contributed by atoms with Gasteiger partial charge in [0, 0.05) is 49.2 Å². The molecule has 0 saturated carbocycles. The molecule has 11 heteroatoms. The maximum Gasteiger partial charge on any atom is 0.276 e. The number of rotatable bonds is 4. The number of hydrogen-bond donors (Lipinski definition) is 0. The van der Waals surface area contributed by atoms with Gasteiger partial charge in [-0.05, 0) is 47.2 Å². The molecule has 2 aromatic heterocycles. The van der Waals surface area contributed by atoms with Gasteiger partial charge in [0.1, 0.15) is 0 Å². The van der Waals surface area contributed by atoms with Crippen molar-refractivity contribution in [1.29, 1.82) is 0 Å². The van der Waals surface area contributed by atoms with Crippen LogP contribution >= 0.6 is 11.6 Å². The number of pyridine rings is 1. The van der Waals surface area contributed by atoms with Crippen LogP contribution in [0.25, 0.3) is 22.2 Å². The second-order valence-electron chi connectivity index (χ2n) is 7.75. The van der Waals surface area contributed by atoms with E-state index in [4.69, 9.17) is 11.6 Å². The molecule has 0 radical (unpaired) electrons. The highest BCUT2D eigenvalue weighted by Crippen LogP contribution is 2.25. The smallest absolute Gasteiger partial charge is 0.276 e. The first-order valence-electron chi connectivity index (χ1n) is 10.5. The molecule has 1 fully saturated rings. The van der Waals surface area contributed by atoms with Crippen LogP contribution in [0.3, 0.4) is 0 Å². The number of hydrogen-bond acceptors (Lipinski definition) is 7. The van der Waals surface area contributed by atoms with Crippen LogP contribution < -0.4 is 0 Å². The summed E-state index contributed by atoms with van der Waals surface area (Å²) in [4.78, 5) is 22.8. The van der Waals surface area contributed by atoms with Crippen molar-refractivity contribution >= 4 is 38.3 Å². The molecule has 1 aliphatic rings. The van der Waals surface area contributed by atoms with Gasteiger partial charge in [-0.25, -0.2) is 13.4 Å². The molecule has 2 aromatic carbocycles. The fraction of sp³-hybridized carbons (Fsp3) is 0.174. The zero-order chi connectivity index (χ0) is 23.7. The molecule has 0 atom stereocenters. The van der Waals surface area contributed by atoms with Crippen LogP contribution in [0.15, 0.2) is 72.0 Å². The van der Waals surface area contributed by atoms with Crippen LogP contribution in [-0.4, -0.2) is 69.9 Å². The quantitative estimate of drug-likeness (QED) is 0.429. The number of carbonyl (C=O) groups excluding carboxylic acids is 1. The van der Waals surface area contributed by atoms with Gasteiger partial charge in [-0.15, -0.1) is 10.2 Å². The van der Waals surface area contributed by atoms with Crippen LogP contribution in [0.5, 0.6) is 0 Å². The molecule has 5 rings (SSSR count). The summed E-state index contributed by atoms with van der Waals surface area (Å²) in [6.07, 6.45) is 4.63. The monoisotopic (exact) mass is 494 g/mol. The third-order valence-corrected chi connectivity index (χ3v) is 7.79. The number of amides is 1. The second kappa shape index (κ2) is 9.05. The van der Waals surface area contributed by atoms with Gasteiger partial charge in [0.05, 0.1) is 11.1 Å². The molecule has 3 heterocycles. The fourth-order valence-electron chi connectivity index (χ4n) is 3.80. The second-order valence-corrected chi connectivity index (χ2v) is 10.1. The van der Waals surface area contributed by atoms with Crippen LogP contribution in [0.2, 0.25) is 5.02 Å². The minimum absolute atomic E-state index is 0.113. The molecule has 9 nitrogen and oxygen atoms in total. The van der Waals surface area contributed by atoms with Crippen molar-refractivity contribution in [3.63, 3.8) is 0 Å². The standard InChI is InChI=1S/C23H19ClN6O3S/c24-19-3-1-18-14-20(4-2-17(18)13-19)34(32,33)30-11-9-29(10-12-30)23(31)21-15-26-22(28-27-21)16-5-7-25-8-6-16/h1-8,13-15H,9-12H2. The van der Waals surface area contributed by atoms with E-state index in [2.05, 4.69) is 20.2 Å². The van der Waals surface area contributed by atoms with Gasteiger partial charge in [0.15, 0.2) is 11.5 Å². The van der Waals surface area contributed by atoms with Crippen molar-refractivity contribution in [3.05, 3.63) is 77.8 Å². The average Bonchev–Trinajstić information content (AvgIpc) is 2.88. The van der Waals surface area contributed by atoms with Crippen molar-refractivity contribution in [2.75, 3.05) is 26.2 Å². The van der Waals surface area contributed by atoms with Crippen molar-refractivity contribution in [3.8, 4) is 11.4 Å². The van der Waals surface area contributed by atoms with E-state index in [1.165, 1.54) is 10.5 Å². The molecule has 34 heavy (non-hydrogen) atoms. The lowest BCUT2D eigenvalue weighted by Gasteiger charge is -2.33. The topological polar surface area (TPSA) is 109 Å². The van der Waals surface area contributed by atoms with Crippen molar-refractivity contribution in [2.24, 2.45) is 0 Å². The van der Waals surface area contributed by atoms with Gasteiger partial charge in [0.2, 0.25) is 10.0 Å². The van der Waals surface area contributed by atoms with E-state index in [0.29, 0.717) is 10.8 Å². The zero-order valence-corrected chi connectivity index (χ0v) is 19.4. The highest BCUT2D eigenvalue weighted by molar-refractivity contribution is 7.89. The van der Waals surface area contributed by atoms with Gasteiger partial charge >= 0.3 is 0 Å². The predicted octanol–water partition coefficient (Wildman–Crippen LogP) is 2.89. The van der Waals surface area contributed by atoms with E-state index in [-0.39, 0.29) is 42.7 Å². The van der Waals surface area contributed by atoms with E-state index >= 15 is 0 Å². The molecule has 1 amide bonds. The Morgan fingerprint density at radius 2 is 1.59 bits per heavy atom. The van der Waals surface area contributed by atoms with Crippen LogP contribution in [0.1, 0.15) is 10.5 Å². The summed E-state index contributed by atoms with van der Waals surface area (Å²) >= 11 is 6.02. The number of nitrogens with zero attached hydrogens (tertiary/aromatic N) is 6. The maximum absolute atomic E-state index is 13.2. The lowest BCUT2D eigenvalue weighted by molar-refractivity contribution is 0.0690. The SMILES string of the molecule is O=C(c1cnc(-c2ccncc2)nn1)N1CCN(S(=O)(=O)c2ccc3cc(Cl)ccc3c2)CC1. The number of halogens is 1. The third kappa shape index (κ3) is 4.35. The number of piperazine rings is 1. The number of aromatic nitrogens is 4. The highest BCUT2D eigenvalue weighted by Gasteiger charge is 2.31. The van der Waals surface area contributed by atoms with Gasteiger partial charge < -0.3 is 4.90 Å². The average molecular weight is 495 g/mol. The summed E-state index contributed by atoms with van der Waals surface area (Å²) < 4.78 is 27.7. The number of carbonyl (C=O) groups is 1. The largest absolute Gasteiger partial charge is 0.335 e. The molecule has 1 saturated heterocycles. The van der Waals surface area contributed by atoms with E-state index in [9.17, 15) is 13.2 Å². The third-order valence-electron chi connectivity index (χ3n) is 5.66. The molecule has 0 N–H and O–H groups in total. The Hall–Kier alpha value is -3.47. The maximum atomic E-state index is 13.2. The molecule has 0 aliphatic carbocycles. The van der Waals surface area contributed by atoms with E-state index in [1.807, 2.05) is 0 Å². The normalized spacial score (nSPS) is 14.9. The summed E-state index contributed by atoms with van der Waals surface area (Å²) in [6, 6.07) is 13.8. The van der Waals surface area contributed by atoms with Crippen molar-refractivity contribution in [1.82, 2.24) is 29.4 Å². The molecule has 4 aromatic rings. The molecule has 172 valence electrons. The highest BCUT2D eigenvalue weighted by atomic mass is 35.5. The summed E-state index contributed by atoms with van der Waals surface area (Å²) in [5, 5.41) is 10.3. The minimum atomic E-state index is -3.70. The summed E-state index contributed by atoms with van der Waals surface area (Å²) in [5.41, 5.74) is 0.861. The number of benzene rings is 2. The molecule has 1 aliphatic heterocycles. The first-order valence-corrected chi connectivity index (χ1v) is 12.3. The van der Waals surface area contributed by atoms with Crippen LogP contribution in [-0.2, 0) is 10.0 Å². The first kappa shape index (κ1) is 22.3. The molecular formula is C23H19ClN6O3S. The molecule has 0 bridgehead atoms. The van der Waals surface area contributed by atoms with E-state index in [0.717, 1.165) is 16.3 Å². The van der Waals surface area contributed by atoms with Gasteiger partial charge in [0.25, 0.3) is 5.91 Å². The van der Waals surface area contributed by atoms with Crippen LogP contribution in [0.4, 0.5) is 0 Å². The Bertz CT molecular complexity index is 1460. The Labute approximate surface area is 201 Å². The van der Waals surface area contributed by atoms with Gasteiger partial charge in [-0.2, -0.15) is 4.31 Å². The van der Waals surface area contributed by atoms with E-state index in [1.54, 1.807) is 65.8 Å². The Balaban J connectivity index is 1.27. The number of fused-ring (bicyclic) bond motifs is 1. The lowest BCUT2D eigenvalue weighted by atomic mass is 10.1. The Morgan fingerprint density at radius 1 is 0.882 bits per heavy atom. The summed E-state index contributed by atoms with van der Waals surface area (Å²) in [5.74, 6) is 0.0634. The van der Waals surface area contributed by atoms with Crippen molar-refractivity contribution in [2.45, 2.75) is 4.90 Å². The molecular weight excluding hydrogens is 476 g/mol. The Kier molecular flexibility index (Phi) is 5.94. The Morgan fingerprint density at radius 3 is 2.29 bits per heavy atom. The molecule has 0 spiro atoms. The predicted molar refractivity (Wildman–Crippen MR) is 127 cm³/mol. The fourth-order valence-corrected chi connectivity index (χ4v) is 5.44. The minimum Gasteiger partial charge on any atom is -0.335 e. The van der Waals surface area contributed by atoms with Gasteiger partial charge in [-0.3, -0.25) is 9.78 Å². The van der Waals surface area contributed by atoms with Crippen molar-refractivity contribution < 1.29 is 13.2 Å². The molecule has 0 unspecified atom stereocenters. The number of sulfonamides is 1. The summed E-state index contributed by atoms with van der Waals surface area (Å²) in [7, 11) is -3.70. The van der Waals surface area contributed by atoms with Gasteiger partial charge in [-0.1, -0.05) is 23.7 Å². The summed E-state index contributed by atoms with van der Waals surface area (Å²) in [6.45, 7) is 0.857. The lowest BCUT2D eigenvalue weighted by Crippen LogP contribution is -2.50.